The van der Waals surface area contributed by atoms with Crippen LogP contribution in [0.2, 0.25) is 0 Å². The highest BCUT2D eigenvalue weighted by molar-refractivity contribution is 6.18. The molecule has 0 spiro atoms. The Morgan fingerprint density at radius 3 is 2.52 bits per heavy atom. The molecule has 31 heavy (non-hydrogen) atoms. The first-order chi connectivity index (χ1) is 15.0. The summed E-state index contributed by atoms with van der Waals surface area (Å²) in [6.07, 6.45) is 3.92. The van der Waals surface area contributed by atoms with Crippen molar-refractivity contribution in [2.45, 2.75) is 6.42 Å². The minimum Gasteiger partial charge on any atom is -0.369 e. The number of halogens is 2. The van der Waals surface area contributed by atoms with Gasteiger partial charge in [0.05, 0.1) is 11.0 Å². The number of benzene rings is 2. The van der Waals surface area contributed by atoms with E-state index in [-0.39, 0.29) is 0 Å². The van der Waals surface area contributed by atoms with Gasteiger partial charge in [0.2, 0.25) is 11.9 Å². The summed E-state index contributed by atoms with van der Waals surface area (Å²) < 4.78 is 2.06. The number of fused-ring (bicyclic) bond motifs is 1. The highest BCUT2D eigenvalue weighted by atomic mass is 35.5. The fourth-order valence-corrected chi connectivity index (χ4v) is 3.82. The standard InChI is InChI=1S/C23H27Cl2N5O/c1-29-21-8-7-19(30(14-11-24)15-12-25)16-20(21)28-23(29)27-13-10-18-4-2-17(3-5-18)6-9-22(26)31/h2-9,16H,10-15H2,1H3,(H2,26,31)(H,27,28)/b9-6+. The molecule has 0 aliphatic rings. The van der Waals surface area contributed by atoms with Gasteiger partial charge in [-0.05, 0) is 41.8 Å². The summed E-state index contributed by atoms with van der Waals surface area (Å²) in [5.74, 6) is 1.47. The van der Waals surface area contributed by atoms with Gasteiger partial charge in [-0.1, -0.05) is 24.3 Å². The topological polar surface area (TPSA) is 76.2 Å². The van der Waals surface area contributed by atoms with E-state index in [1.807, 2.05) is 31.3 Å². The second kappa shape index (κ2) is 11.1. The lowest BCUT2D eigenvalue weighted by Gasteiger charge is -2.22. The van der Waals surface area contributed by atoms with Crippen LogP contribution in [-0.4, -0.2) is 46.9 Å². The van der Waals surface area contributed by atoms with Gasteiger partial charge < -0.3 is 20.5 Å². The number of amides is 1. The molecule has 0 atom stereocenters. The van der Waals surface area contributed by atoms with Gasteiger partial charge in [0.15, 0.2) is 0 Å². The Balaban J connectivity index is 1.65. The summed E-state index contributed by atoms with van der Waals surface area (Å²) in [4.78, 5) is 17.8. The van der Waals surface area contributed by atoms with Crippen molar-refractivity contribution >= 4 is 57.9 Å². The van der Waals surface area contributed by atoms with Crippen LogP contribution in [-0.2, 0) is 18.3 Å². The molecule has 0 aliphatic heterocycles. The van der Waals surface area contributed by atoms with Gasteiger partial charge in [0, 0.05) is 50.2 Å². The quantitative estimate of drug-likeness (QED) is 0.335. The number of alkyl halides is 2. The first-order valence-electron chi connectivity index (χ1n) is 10.2. The summed E-state index contributed by atoms with van der Waals surface area (Å²) in [6.45, 7) is 2.24. The number of hydrogen-bond donors (Lipinski definition) is 2. The first kappa shape index (κ1) is 23.0. The maximum absolute atomic E-state index is 10.8. The van der Waals surface area contributed by atoms with Crippen LogP contribution in [0.25, 0.3) is 17.1 Å². The second-order valence-electron chi connectivity index (χ2n) is 7.19. The molecule has 6 nitrogen and oxygen atoms in total. The fourth-order valence-electron chi connectivity index (χ4n) is 3.41. The van der Waals surface area contributed by atoms with Crippen molar-refractivity contribution in [1.82, 2.24) is 9.55 Å². The van der Waals surface area contributed by atoms with Gasteiger partial charge in [0.25, 0.3) is 0 Å². The Morgan fingerprint density at radius 1 is 1.16 bits per heavy atom. The Bertz CT molecular complexity index is 1040. The molecule has 0 unspecified atom stereocenters. The van der Waals surface area contributed by atoms with E-state index in [0.717, 1.165) is 54.3 Å². The van der Waals surface area contributed by atoms with Crippen molar-refractivity contribution in [1.29, 1.82) is 0 Å². The van der Waals surface area contributed by atoms with Crippen molar-refractivity contribution in [3.63, 3.8) is 0 Å². The van der Waals surface area contributed by atoms with Crippen LogP contribution in [0.4, 0.5) is 11.6 Å². The van der Waals surface area contributed by atoms with Crippen molar-refractivity contribution in [2.24, 2.45) is 12.8 Å². The first-order valence-corrected chi connectivity index (χ1v) is 11.2. The average Bonchev–Trinajstić information content (AvgIpc) is 3.08. The molecule has 0 radical (unpaired) electrons. The number of carbonyl (C=O) groups excluding carboxylic acids is 1. The molecule has 1 heterocycles. The second-order valence-corrected chi connectivity index (χ2v) is 7.94. The highest BCUT2D eigenvalue weighted by Gasteiger charge is 2.11. The molecule has 1 aromatic heterocycles. The lowest BCUT2D eigenvalue weighted by molar-refractivity contribution is -0.113. The minimum absolute atomic E-state index is 0.450. The van der Waals surface area contributed by atoms with Gasteiger partial charge in [-0.2, -0.15) is 0 Å². The zero-order valence-corrected chi connectivity index (χ0v) is 19.0. The van der Waals surface area contributed by atoms with E-state index < -0.39 is 5.91 Å². The predicted octanol–water partition coefficient (Wildman–Crippen LogP) is 4.01. The molecular weight excluding hydrogens is 433 g/mol. The van der Waals surface area contributed by atoms with Crippen LogP contribution in [0, 0.1) is 0 Å². The van der Waals surface area contributed by atoms with E-state index in [0.29, 0.717) is 11.8 Å². The summed E-state index contributed by atoms with van der Waals surface area (Å²) in [5, 5.41) is 3.43. The molecule has 8 heteroatoms. The lowest BCUT2D eigenvalue weighted by Crippen LogP contribution is -2.27. The van der Waals surface area contributed by atoms with Gasteiger partial charge >= 0.3 is 0 Å². The van der Waals surface area contributed by atoms with Crippen LogP contribution < -0.4 is 16.0 Å². The highest BCUT2D eigenvalue weighted by Crippen LogP contribution is 2.24. The maximum atomic E-state index is 10.8. The van der Waals surface area contributed by atoms with Crippen molar-refractivity contribution in [3.05, 3.63) is 59.7 Å². The number of anilines is 2. The lowest BCUT2D eigenvalue weighted by atomic mass is 10.1. The van der Waals surface area contributed by atoms with Crippen molar-refractivity contribution < 1.29 is 4.79 Å². The van der Waals surface area contributed by atoms with Gasteiger partial charge in [-0.3, -0.25) is 4.79 Å². The number of nitrogens with one attached hydrogen (secondary N) is 1. The van der Waals surface area contributed by atoms with Crippen molar-refractivity contribution in [3.8, 4) is 0 Å². The van der Waals surface area contributed by atoms with Gasteiger partial charge in [-0.25, -0.2) is 4.98 Å². The summed E-state index contributed by atoms with van der Waals surface area (Å²) >= 11 is 11.9. The number of hydrogen-bond acceptors (Lipinski definition) is 4. The number of carbonyl (C=O) groups is 1. The van der Waals surface area contributed by atoms with Crippen LogP contribution in [0.3, 0.4) is 0 Å². The fraction of sp³-hybridized carbons (Fsp3) is 0.304. The van der Waals surface area contributed by atoms with Crippen LogP contribution >= 0.6 is 23.2 Å². The smallest absolute Gasteiger partial charge is 0.241 e. The average molecular weight is 460 g/mol. The Morgan fingerprint density at radius 2 is 1.87 bits per heavy atom. The molecule has 3 aromatic rings. The van der Waals surface area contributed by atoms with E-state index in [4.69, 9.17) is 33.9 Å². The molecule has 164 valence electrons. The van der Waals surface area contributed by atoms with E-state index in [2.05, 4.69) is 33.0 Å². The number of aryl methyl sites for hydroxylation is 1. The van der Waals surface area contributed by atoms with Gasteiger partial charge in [0.1, 0.15) is 0 Å². The minimum atomic E-state index is -0.450. The Labute approximate surface area is 192 Å². The molecule has 0 saturated heterocycles. The molecule has 3 N–H and O–H groups in total. The molecular formula is C23H27Cl2N5O. The van der Waals surface area contributed by atoms with E-state index in [1.165, 1.54) is 11.6 Å². The molecule has 1 amide bonds. The predicted molar refractivity (Wildman–Crippen MR) is 131 cm³/mol. The Kier molecular flexibility index (Phi) is 8.20. The van der Waals surface area contributed by atoms with Crippen LogP contribution in [0.15, 0.2) is 48.5 Å². The molecule has 0 aliphatic carbocycles. The third kappa shape index (κ3) is 6.15. The molecule has 2 aromatic carbocycles. The zero-order chi connectivity index (χ0) is 22.2. The number of rotatable bonds is 11. The summed E-state index contributed by atoms with van der Waals surface area (Å²) in [7, 11) is 2.01. The third-order valence-corrected chi connectivity index (χ3v) is 5.39. The van der Waals surface area contributed by atoms with Crippen LogP contribution in [0.1, 0.15) is 11.1 Å². The van der Waals surface area contributed by atoms with E-state index in [1.54, 1.807) is 6.08 Å². The number of imidazole rings is 1. The van der Waals surface area contributed by atoms with E-state index in [9.17, 15) is 4.79 Å². The van der Waals surface area contributed by atoms with E-state index >= 15 is 0 Å². The van der Waals surface area contributed by atoms with Gasteiger partial charge in [-0.15, -0.1) is 23.2 Å². The number of nitrogens with two attached hydrogens (primary N) is 1. The molecule has 3 rings (SSSR count). The monoisotopic (exact) mass is 459 g/mol. The SMILES string of the molecule is Cn1c(NCCc2ccc(/C=C/C(N)=O)cc2)nc2cc(N(CCCl)CCCl)ccc21. The number of aromatic nitrogens is 2. The largest absolute Gasteiger partial charge is 0.369 e. The molecule has 0 saturated carbocycles. The summed E-state index contributed by atoms with van der Waals surface area (Å²) in [6, 6.07) is 14.3. The normalized spacial score (nSPS) is 11.3. The zero-order valence-electron chi connectivity index (χ0n) is 17.5. The Hall–Kier alpha value is -2.70. The number of nitrogens with zero attached hydrogens (tertiary/aromatic N) is 3. The summed E-state index contributed by atoms with van der Waals surface area (Å²) in [5.41, 5.74) is 10.3. The maximum Gasteiger partial charge on any atom is 0.241 e. The number of primary amides is 1. The molecule has 0 fully saturated rings. The third-order valence-electron chi connectivity index (χ3n) is 5.05. The molecule has 0 bridgehead atoms. The van der Waals surface area contributed by atoms with Crippen LogP contribution in [0.5, 0.6) is 0 Å². The van der Waals surface area contributed by atoms with Crippen molar-refractivity contribution in [2.75, 3.05) is 41.6 Å².